The third kappa shape index (κ3) is 6.40. The van der Waals surface area contributed by atoms with E-state index in [1.54, 1.807) is 36.1 Å². The highest BCUT2D eigenvalue weighted by atomic mass is 16.5. The normalized spacial score (nSPS) is 13.4. The van der Waals surface area contributed by atoms with E-state index >= 15 is 0 Å². The average molecular weight is 376 g/mol. The van der Waals surface area contributed by atoms with E-state index in [-0.39, 0.29) is 18.3 Å². The first kappa shape index (κ1) is 20.4. The van der Waals surface area contributed by atoms with Crippen LogP contribution in [0.3, 0.4) is 0 Å². The summed E-state index contributed by atoms with van der Waals surface area (Å²) in [4.78, 5) is 48.2. The fraction of sp³-hybridized carbons (Fsp3) is 0.474. The molecule has 0 aromatic heterocycles. The zero-order chi connectivity index (χ0) is 19.6. The van der Waals surface area contributed by atoms with Crippen molar-refractivity contribution in [3.63, 3.8) is 0 Å². The van der Waals surface area contributed by atoms with E-state index in [0.717, 1.165) is 12.1 Å². The van der Waals surface area contributed by atoms with Crippen LogP contribution in [0.1, 0.15) is 43.0 Å². The molecule has 1 aromatic rings. The highest BCUT2D eigenvalue weighted by Crippen LogP contribution is 2.21. The van der Waals surface area contributed by atoms with Gasteiger partial charge in [-0.15, -0.1) is 0 Å². The third-order valence-electron chi connectivity index (χ3n) is 4.01. The first-order chi connectivity index (χ1) is 13.0. The maximum Gasteiger partial charge on any atom is 0.338 e. The van der Waals surface area contributed by atoms with Crippen molar-refractivity contribution < 1.29 is 28.7 Å². The molecule has 0 atom stereocenters. The molecule has 2 rings (SSSR count). The van der Waals surface area contributed by atoms with Gasteiger partial charge in [-0.25, -0.2) is 4.79 Å². The summed E-state index contributed by atoms with van der Waals surface area (Å²) in [6, 6.07) is 6.52. The number of rotatable bonds is 9. The molecule has 0 unspecified atom stereocenters. The molecule has 1 fully saturated rings. The summed E-state index contributed by atoms with van der Waals surface area (Å²) >= 11 is 0. The van der Waals surface area contributed by atoms with Gasteiger partial charge in [-0.05, 0) is 44.0 Å². The van der Waals surface area contributed by atoms with Crippen LogP contribution in [0, 0.1) is 0 Å². The zero-order valence-electron chi connectivity index (χ0n) is 15.4. The molecule has 0 spiro atoms. The number of carbonyl (C=O) groups is 4. The molecule has 1 aromatic carbocycles. The predicted molar refractivity (Wildman–Crippen MR) is 97.2 cm³/mol. The van der Waals surface area contributed by atoms with E-state index in [0.29, 0.717) is 38.1 Å². The Bertz CT molecular complexity index is 686. The summed E-state index contributed by atoms with van der Waals surface area (Å²) in [6.45, 7) is 2.64. The molecule has 0 bridgehead atoms. The number of hydrogen-bond acceptors (Lipinski definition) is 6. The number of esters is 2. The molecule has 0 aliphatic carbocycles. The van der Waals surface area contributed by atoms with E-state index in [2.05, 4.69) is 5.32 Å². The van der Waals surface area contributed by atoms with Gasteiger partial charge in [0.2, 0.25) is 5.91 Å². The van der Waals surface area contributed by atoms with Crippen molar-refractivity contribution in [3.8, 4) is 0 Å². The van der Waals surface area contributed by atoms with E-state index < -0.39 is 18.5 Å². The standard InChI is InChI=1S/C19H24N2O6/c1-2-26-18(24)6-3-11-20-16(22)13-27-19(25)14-7-9-15(10-8-14)21-12-4-5-17(21)23/h7-10H,2-6,11-13H2,1H3,(H,20,22). The van der Waals surface area contributed by atoms with Crippen molar-refractivity contribution in [1.82, 2.24) is 5.32 Å². The molecule has 146 valence electrons. The maximum atomic E-state index is 12.0. The van der Waals surface area contributed by atoms with Crippen LogP contribution < -0.4 is 10.2 Å². The number of benzene rings is 1. The van der Waals surface area contributed by atoms with Crippen LogP contribution in [0.5, 0.6) is 0 Å². The van der Waals surface area contributed by atoms with Crippen LogP contribution >= 0.6 is 0 Å². The second kappa shape index (κ2) is 10.3. The van der Waals surface area contributed by atoms with Crippen LogP contribution in [-0.2, 0) is 23.9 Å². The van der Waals surface area contributed by atoms with Crippen LogP contribution in [0.25, 0.3) is 0 Å². The van der Waals surface area contributed by atoms with Crippen LogP contribution in [0.2, 0.25) is 0 Å². The summed E-state index contributed by atoms with van der Waals surface area (Å²) in [5.74, 6) is -1.29. The molecule has 8 heteroatoms. The van der Waals surface area contributed by atoms with Crippen molar-refractivity contribution in [2.45, 2.75) is 32.6 Å². The quantitative estimate of drug-likeness (QED) is 0.517. The smallest absolute Gasteiger partial charge is 0.338 e. The van der Waals surface area contributed by atoms with Gasteiger partial charge in [0.15, 0.2) is 6.61 Å². The van der Waals surface area contributed by atoms with Crippen molar-refractivity contribution in [3.05, 3.63) is 29.8 Å². The number of anilines is 1. The molecule has 1 N–H and O–H groups in total. The first-order valence-electron chi connectivity index (χ1n) is 9.01. The summed E-state index contributed by atoms with van der Waals surface area (Å²) < 4.78 is 9.75. The Hall–Kier alpha value is -2.90. The first-order valence-corrected chi connectivity index (χ1v) is 9.01. The molecule has 1 heterocycles. The molecule has 0 saturated carbocycles. The molecule has 27 heavy (non-hydrogen) atoms. The second-order valence-corrected chi connectivity index (χ2v) is 6.03. The Balaban J connectivity index is 1.69. The Morgan fingerprint density at radius 2 is 1.89 bits per heavy atom. The van der Waals surface area contributed by atoms with E-state index in [9.17, 15) is 19.2 Å². The van der Waals surface area contributed by atoms with Gasteiger partial charge < -0.3 is 19.7 Å². The minimum absolute atomic E-state index is 0.0740. The topological polar surface area (TPSA) is 102 Å². The largest absolute Gasteiger partial charge is 0.466 e. The Labute approximate surface area is 157 Å². The van der Waals surface area contributed by atoms with E-state index in [1.807, 2.05) is 0 Å². The van der Waals surface area contributed by atoms with Gasteiger partial charge in [0.1, 0.15) is 0 Å². The van der Waals surface area contributed by atoms with E-state index in [1.165, 1.54) is 0 Å². The Morgan fingerprint density at radius 3 is 2.52 bits per heavy atom. The fourth-order valence-electron chi connectivity index (χ4n) is 2.66. The number of ether oxygens (including phenoxy) is 2. The van der Waals surface area contributed by atoms with Crippen molar-refractivity contribution in [2.75, 3.05) is 31.2 Å². The summed E-state index contributed by atoms with van der Waals surface area (Å²) in [5.41, 5.74) is 1.05. The van der Waals surface area contributed by atoms with Crippen LogP contribution in [0.4, 0.5) is 5.69 Å². The van der Waals surface area contributed by atoms with Gasteiger partial charge in [-0.1, -0.05) is 0 Å². The van der Waals surface area contributed by atoms with Crippen molar-refractivity contribution >= 4 is 29.4 Å². The number of amides is 2. The lowest BCUT2D eigenvalue weighted by atomic mass is 10.2. The molecule has 1 aliphatic heterocycles. The van der Waals surface area contributed by atoms with Gasteiger partial charge in [0.25, 0.3) is 5.91 Å². The maximum absolute atomic E-state index is 12.0. The average Bonchev–Trinajstić information content (AvgIpc) is 3.09. The van der Waals surface area contributed by atoms with Crippen LogP contribution in [0.15, 0.2) is 24.3 Å². The zero-order valence-corrected chi connectivity index (χ0v) is 15.4. The highest BCUT2D eigenvalue weighted by molar-refractivity contribution is 5.96. The number of nitrogens with zero attached hydrogens (tertiary/aromatic N) is 1. The Morgan fingerprint density at radius 1 is 1.15 bits per heavy atom. The fourth-order valence-corrected chi connectivity index (χ4v) is 2.66. The van der Waals surface area contributed by atoms with Crippen molar-refractivity contribution in [1.29, 1.82) is 0 Å². The van der Waals surface area contributed by atoms with Gasteiger partial charge in [-0.3, -0.25) is 14.4 Å². The van der Waals surface area contributed by atoms with Gasteiger partial charge >= 0.3 is 11.9 Å². The minimum atomic E-state index is -0.615. The second-order valence-electron chi connectivity index (χ2n) is 6.03. The van der Waals surface area contributed by atoms with E-state index in [4.69, 9.17) is 9.47 Å². The van der Waals surface area contributed by atoms with Gasteiger partial charge in [0.05, 0.1) is 12.2 Å². The number of hydrogen-bond donors (Lipinski definition) is 1. The minimum Gasteiger partial charge on any atom is -0.466 e. The molecular formula is C19H24N2O6. The molecule has 0 radical (unpaired) electrons. The summed E-state index contributed by atoms with van der Waals surface area (Å²) in [6.07, 6.45) is 2.05. The number of carbonyl (C=O) groups excluding carboxylic acids is 4. The molecule has 2 amide bonds. The monoisotopic (exact) mass is 376 g/mol. The SMILES string of the molecule is CCOC(=O)CCCNC(=O)COC(=O)c1ccc(N2CCCC2=O)cc1. The molecule has 1 aliphatic rings. The predicted octanol–water partition coefficient (Wildman–Crippen LogP) is 1.43. The lowest BCUT2D eigenvalue weighted by Crippen LogP contribution is -2.30. The van der Waals surface area contributed by atoms with Crippen LogP contribution in [-0.4, -0.2) is 50.1 Å². The van der Waals surface area contributed by atoms with Crippen molar-refractivity contribution in [2.24, 2.45) is 0 Å². The summed E-state index contributed by atoms with van der Waals surface area (Å²) in [7, 11) is 0. The number of nitrogens with one attached hydrogen (secondary N) is 1. The Kier molecular flexibility index (Phi) is 7.79. The summed E-state index contributed by atoms with van der Waals surface area (Å²) in [5, 5.41) is 2.57. The molecule has 1 saturated heterocycles. The lowest BCUT2D eigenvalue weighted by molar-refractivity contribution is -0.143. The molecular weight excluding hydrogens is 352 g/mol. The third-order valence-corrected chi connectivity index (χ3v) is 4.01. The highest BCUT2D eigenvalue weighted by Gasteiger charge is 2.21. The lowest BCUT2D eigenvalue weighted by Gasteiger charge is -2.15. The molecule has 8 nitrogen and oxygen atoms in total. The van der Waals surface area contributed by atoms with Gasteiger partial charge in [-0.2, -0.15) is 0 Å². The van der Waals surface area contributed by atoms with Gasteiger partial charge in [0, 0.05) is 31.6 Å².